The van der Waals surface area contributed by atoms with Gasteiger partial charge in [0, 0.05) is 23.5 Å². The first-order chi connectivity index (χ1) is 17.8. The van der Waals surface area contributed by atoms with Crippen molar-refractivity contribution < 1.29 is 22.7 Å². The number of nitrogens with two attached hydrogens (primary N) is 1. The molecule has 7 nitrogen and oxygen atoms in total. The van der Waals surface area contributed by atoms with E-state index in [2.05, 4.69) is 15.0 Å². The van der Waals surface area contributed by atoms with Crippen molar-refractivity contribution in [2.45, 2.75) is 20.3 Å². The van der Waals surface area contributed by atoms with Crippen LogP contribution in [0.15, 0.2) is 66.7 Å². The Bertz CT molecular complexity index is 1400. The molecule has 0 aliphatic rings. The van der Waals surface area contributed by atoms with Crippen molar-refractivity contribution in [3.8, 4) is 28.3 Å². The maximum atomic E-state index is 13.6. The molecule has 190 valence electrons. The van der Waals surface area contributed by atoms with Crippen LogP contribution in [-0.2, 0) is 4.79 Å². The number of para-hydroxylation sites is 1. The number of carbonyl (C=O) groups excluding carboxylic acids is 1. The molecule has 10 heteroatoms. The molecule has 0 saturated carbocycles. The molecule has 2 aromatic heterocycles. The van der Waals surface area contributed by atoms with E-state index in [4.69, 9.17) is 10.5 Å². The Morgan fingerprint density at radius 3 is 2.35 bits per heavy atom. The van der Waals surface area contributed by atoms with Gasteiger partial charge in [-0.15, -0.1) is 0 Å². The molecule has 0 bridgehead atoms. The number of nitrogens with zero attached hydrogens (tertiary/aromatic N) is 4. The first-order valence-electron chi connectivity index (χ1n) is 11.5. The molecular weight excluding hydrogens is 483 g/mol. The number of alkyl halides is 2. The number of aromatic nitrogens is 3. The topological polar surface area (TPSA) is 94.2 Å². The molecule has 0 aliphatic carbocycles. The Kier molecular flexibility index (Phi) is 7.66. The lowest BCUT2D eigenvalue weighted by molar-refractivity contribution is -0.120. The number of ether oxygens (including phenoxy) is 1. The van der Waals surface area contributed by atoms with Gasteiger partial charge < -0.3 is 15.4 Å². The van der Waals surface area contributed by atoms with Crippen molar-refractivity contribution in [3.63, 3.8) is 0 Å². The summed E-state index contributed by atoms with van der Waals surface area (Å²) in [5.41, 5.74) is 7.74. The highest BCUT2D eigenvalue weighted by Gasteiger charge is 2.23. The fraction of sp³-hybridized carbons (Fsp3) is 0.185. The van der Waals surface area contributed by atoms with Crippen LogP contribution in [0.3, 0.4) is 0 Å². The molecule has 0 radical (unpaired) electrons. The van der Waals surface area contributed by atoms with Gasteiger partial charge in [-0.05, 0) is 67.9 Å². The fourth-order valence-corrected chi connectivity index (χ4v) is 3.91. The van der Waals surface area contributed by atoms with E-state index in [1.807, 2.05) is 25.1 Å². The average molecular weight is 508 g/mol. The molecule has 2 aromatic carbocycles. The maximum Gasteiger partial charge on any atom is 0.280 e. The highest BCUT2D eigenvalue weighted by atomic mass is 19.3. The Labute approximate surface area is 211 Å². The molecule has 4 rings (SSSR count). The molecular formula is C27H24F3N5O2. The zero-order chi connectivity index (χ0) is 26.5. The SMILES string of the molecule is CCN(C(=O)COc1nc(N)nc(-c2ccc(F)cc2)c1-c1cc(C)nc(C(F)F)c1)c1ccccc1. The van der Waals surface area contributed by atoms with Gasteiger partial charge in [-0.25, -0.2) is 18.2 Å². The minimum atomic E-state index is -2.82. The molecule has 4 aromatic rings. The number of rotatable bonds is 8. The first kappa shape index (κ1) is 25.6. The number of carbonyl (C=O) groups is 1. The second-order valence-electron chi connectivity index (χ2n) is 8.10. The van der Waals surface area contributed by atoms with Crippen LogP contribution in [0, 0.1) is 12.7 Å². The third kappa shape index (κ3) is 5.85. The Morgan fingerprint density at radius 1 is 1.00 bits per heavy atom. The zero-order valence-electron chi connectivity index (χ0n) is 20.2. The van der Waals surface area contributed by atoms with Crippen LogP contribution in [0.25, 0.3) is 22.4 Å². The van der Waals surface area contributed by atoms with Gasteiger partial charge in [0.1, 0.15) is 11.5 Å². The smallest absolute Gasteiger partial charge is 0.280 e. The van der Waals surface area contributed by atoms with Crippen LogP contribution in [0.4, 0.5) is 24.8 Å². The first-order valence-corrected chi connectivity index (χ1v) is 11.5. The molecule has 0 saturated heterocycles. The van der Waals surface area contributed by atoms with Crippen molar-refractivity contribution in [3.05, 3.63) is 83.9 Å². The Hall–Kier alpha value is -4.47. The maximum absolute atomic E-state index is 13.6. The number of halogens is 3. The lowest BCUT2D eigenvalue weighted by atomic mass is 9.99. The summed E-state index contributed by atoms with van der Waals surface area (Å²) in [4.78, 5) is 27.0. The van der Waals surface area contributed by atoms with Gasteiger partial charge in [-0.1, -0.05) is 18.2 Å². The number of hydrogen-bond donors (Lipinski definition) is 1. The molecule has 0 fully saturated rings. The lowest BCUT2D eigenvalue weighted by Crippen LogP contribution is -2.35. The Balaban J connectivity index is 1.80. The van der Waals surface area contributed by atoms with E-state index in [9.17, 15) is 18.0 Å². The van der Waals surface area contributed by atoms with E-state index >= 15 is 0 Å². The summed E-state index contributed by atoms with van der Waals surface area (Å²) in [6.45, 7) is 3.40. The fourth-order valence-electron chi connectivity index (χ4n) is 3.91. The van der Waals surface area contributed by atoms with Crippen LogP contribution in [0.1, 0.15) is 24.7 Å². The molecule has 2 N–H and O–H groups in total. The van der Waals surface area contributed by atoms with Gasteiger partial charge in [-0.3, -0.25) is 9.78 Å². The summed E-state index contributed by atoms with van der Waals surface area (Å²) >= 11 is 0. The van der Waals surface area contributed by atoms with Gasteiger partial charge >= 0.3 is 0 Å². The van der Waals surface area contributed by atoms with E-state index < -0.39 is 24.5 Å². The highest BCUT2D eigenvalue weighted by Crippen LogP contribution is 2.39. The van der Waals surface area contributed by atoms with Crippen molar-refractivity contribution in [2.75, 3.05) is 23.8 Å². The second kappa shape index (κ2) is 11.1. The molecule has 1 amide bonds. The number of benzene rings is 2. The van der Waals surface area contributed by atoms with Crippen molar-refractivity contribution in [1.29, 1.82) is 0 Å². The van der Waals surface area contributed by atoms with Gasteiger partial charge in [0.2, 0.25) is 11.8 Å². The number of anilines is 2. The Morgan fingerprint density at radius 2 is 1.70 bits per heavy atom. The number of pyridine rings is 1. The van der Waals surface area contributed by atoms with Gasteiger partial charge in [0.15, 0.2) is 6.61 Å². The standard InChI is InChI=1S/C27H24F3N5O2/c1-3-35(20-7-5-4-6-8-20)22(36)15-37-26-23(18-13-16(2)32-21(14-18)25(29)30)24(33-27(31)34-26)17-9-11-19(28)12-10-17/h4-14,25H,3,15H2,1-2H3,(H2,31,33,34). The van der Waals surface area contributed by atoms with Crippen molar-refractivity contribution in [1.82, 2.24) is 15.0 Å². The lowest BCUT2D eigenvalue weighted by Gasteiger charge is -2.22. The third-order valence-electron chi connectivity index (χ3n) is 5.51. The van der Waals surface area contributed by atoms with E-state index in [0.717, 1.165) is 0 Å². The van der Waals surface area contributed by atoms with Crippen LogP contribution in [0.5, 0.6) is 5.88 Å². The zero-order valence-corrected chi connectivity index (χ0v) is 20.2. The number of nitrogen functional groups attached to an aromatic ring is 1. The summed E-state index contributed by atoms with van der Waals surface area (Å²) in [6.07, 6.45) is -2.82. The summed E-state index contributed by atoms with van der Waals surface area (Å²) in [5.74, 6) is -1.05. The second-order valence-corrected chi connectivity index (χ2v) is 8.10. The summed E-state index contributed by atoms with van der Waals surface area (Å²) < 4.78 is 46.6. The number of amides is 1. The normalized spacial score (nSPS) is 11.0. The minimum Gasteiger partial charge on any atom is -0.467 e. The van der Waals surface area contributed by atoms with Crippen LogP contribution in [0.2, 0.25) is 0 Å². The molecule has 37 heavy (non-hydrogen) atoms. The van der Waals surface area contributed by atoms with Gasteiger partial charge in [0.25, 0.3) is 12.3 Å². The third-order valence-corrected chi connectivity index (χ3v) is 5.51. The van der Waals surface area contributed by atoms with Crippen LogP contribution < -0.4 is 15.4 Å². The van der Waals surface area contributed by atoms with E-state index in [-0.39, 0.29) is 29.0 Å². The summed E-state index contributed by atoms with van der Waals surface area (Å²) in [7, 11) is 0. The van der Waals surface area contributed by atoms with Crippen LogP contribution in [-0.4, -0.2) is 34.0 Å². The van der Waals surface area contributed by atoms with E-state index in [1.54, 1.807) is 25.1 Å². The van der Waals surface area contributed by atoms with E-state index in [1.165, 1.54) is 35.2 Å². The molecule has 0 aliphatic heterocycles. The van der Waals surface area contributed by atoms with Crippen LogP contribution >= 0.6 is 0 Å². The molecule has 0 unspecified atom stereocenters. The van der Waals surface area contributed by atoms with E-state index in [0.29, 0.717) is 29.1 Å². The molecule has 2 heterocycles. The van der Waals surface area contributed by atoms with Crippen molar-refractivity contribution in [2.24, 2.45) is 0 Å². The quantitative estimate of drug-likeness (QED) is 0.333. The summed E-state index contributed by atoms with van der Waals surface area (Å²) in [5, 5.41) is 0. The average Bonchev–Trinajstić information content (AvgIpc) is 2.88. The monoisotopic (exact) mass is 507 g/mol. The number of likely N-dealkylation sites (N-methyl/N-ethyl adjacent to an activating group) is 1. The highest BCUT2D eigenvalue weighted by molar-refractivity contribution is 5.94. The molecule has 0 spiro atoms. The number of aryl methyl sites for hydroxylation is 1. The predicted molar refractivity (Wildman–Crippen MR) is 135 cm³/mol. The summed E-state index contributed by atoms with van der Waals surface area (Å²) in [6, 6.07) is 17.3. The number of hydrogen-bond acceptors (Lipinski definition) is 6. The minimum absolute atomic E-state index is 0.0740. The van der Waals surface area contributed by atoms with Gasteiger partial charge in [0.05, 0.1) is 11.3 Å². The van der Waals surface area contributed by atoms with Gasteiger partial charge in [-0.2, -0.15) is 4.98 Å². The molecule has 0 atom stereocenters. The van der Waals surface area contributed by atoms with Crippen molar-refractivity contribution >= 4 is 17.5 Å². The largest absolute Gasteiger partial charge is 0.467 e. The predicted octanol–water partition coefficient (Wildman–Crippen LogP) is 5.60.